The third-order valence-electron chi connectivity index (χ3n) is 2.31. The molecule has 0 saturated heterocycles. The standard InChI is InChI=1S/C10H18N2O2S2/c1-8-5-6-10(15-8)9(12-11)4-3-7-16(2,13)14/h5-6,9,12H,3-4,7,11H2,1-2H3. The van der Waals surface area contributed by atoms with Gasteiger partial charge in [-0.15, -0.1) is 11.3 Å². The SMILES string of the molecule is Cc1ccc(C(CCCS(C)(=O)=O)NN)s1. The summed E-state index contributed by atoms with van der Waals surface area (Å²) in [6, 6.07) is 4.13. The number of sulfone groups is 1. The first-order valence-electron chi connectivity index (χ1n) is 5.12. The van der Waals surface area contributed by atoms with E-state index in [1.165, 1.54) is 11.1 Å². The van der Waals surface area contributed by atoms with Gasteiger partial charge in [0.05, 0.1) is 6.04 Å². The minimum atomic E-state index is -2.87. The van der Waals surface area contributed by atoms with Crippen molar-refractivity contribution in [3.05, 3.63) is 21.9 Å². The molecule has 0 spiro atoms. The van der Waals surface area contributed by atoms with Crippen LogP contribution in [0.1, 0.15) is 28.6 Å². The molecule has 4 nitrogen and oxygen atoms in total. The van der Waals surface area contributed by atoms with E-state index in [1.807, 2.05) is 19.1 Å². The lowest BCUT2D eigenvalue weighted by molar-refractivity contribution is 0.515. The smallest absolute Gasteiger partial charge is 0.147 e. The minimum absolute atomic E-state index is 0.0560. The van der Waals surface area contributed by atoms with E-state index in [2.05, 4.69) is 5.43 Å². The van der Waals surface area contributed by atoms with Crippen molar-refractivity contribution in [2.24, 2.45) is 5.84 Å². The van der Waals surface area contributed by atoms with Gasteiger partial charge in [-0.3, -0.25) is 11.3 Å². The topological polar surface area (TPSA) is 72.2 Å². The van der Waals surface area contributed by atoms with Crippen molar-refractivity contribution in [2.75, 3.05) is 12.0 Å². The lowest BCUT2D eigenvalue weighted by Crippen LogP contribution is -2.27. The molecular formula is C10H18N2O2S2. The van der Waals surface area contributed by atoms with Crippen LogP contribution < -0.4 is 11.3 Å². The summed E-state index contributed by atoms with van der Waals surface area (Å²) in [5.74, 6) is 5.69. The van der Waals surface area contributed by atoms with E-state index in [1.54, 1.807) is 11.3 Å². The third kappa shape index (κ3) is 4.61. The Labute approximate surface area is 101 Å². The molecule has 1 aromatic heterocycles. The maximum Gasteiger partial charge on any atom is 0.147 e. The van der Waals surface area contributed by atoms with Crippen molar-refractivity contribution in [3.63, 3.8) is 0 Å². The molecule has 0 radical (unpaired) electrons. The summed E-state index contributed by atoms with van der Waals surface area (Å²) in [7, 11) is -2.87. The van der Waals surface area contributed by atoms with Gasteiger partial charge in [-0.05, 0) is 31.9 Å². The Hall–Kier alpha value is -0.430. The largest absolute Gasteiger partial charge is 0.271 e. The van der Waals surface area contributed by atoms with Crippen molar-refractivity contribution in [1.29, 1.82) is 0 Å². The van der Waals surface area contributed by atoms with Crippen LogP contribution in [0.2, 0.25) is 0 Å². The quantitative estimate of drug-likeness (QED) is 0.600. The van der Waals surface area contributed by atoms with Crippen LogP contribution >= 0.6 is 11.3 Å². The number of nitrogens with two attached hydrogens (primary N) is 1. The molecule has 92 valence electrons. The normalized spacial score (nSPS) is 13.9. The Balaban J connectivity index is 2.50. The van der Waals surface area contributed by atoms with Crippen molar-refractivity contribution in [2.45, 2.75) is 25.8 Å². The number of thiophene rings is 1. The van der Waals surface area contributed by atoms with Gasteiger partial charge in [-0.2, -0.15) is 0 Å². The van der Waals surface area contributed by atoms with E-state index < -0.39 is 9.84 Å². The summed E-state index contributed by atoms with van der Waals surface area (Å²) in [5, 5.41) is 0. The van der Waals surface area contributed by atoms with Gasteiger partial charge in [0.2, 0.25) is 0 Å². The van der Waals surface area contributed by atoms with E-state index in [4.69, 9.17) is 5.84 Å². The average molecular weight is 262 g/mol. The highest BCUT2D eigenvalue weighted by Gasteiger charge is 2.12. The van der Waals surface area contributed by atoms with Crippen LogP contribution in [0.15, 0.2) is 12.1 Å². The second-order valence-corrected chi connectivity index (χ2v) is 7.52. The lowest BCUT2D eigenvalue weighted by Gasteiger charge is -2.13. The van der Waals surface area contributed by atoms with Crippen LogP contribution in [0.5, 0.6) is 0 Å². The summed E-state index contributed by atoms with van der Waals surface area (Å²) >= 11 is 1.69. The molecule has 1 aromatic rings. The number of hydrazine groups is 1. The fourth-order valence-electron chi connectivity index (χ4n) is 1.50. The molecule has 16 heavy (non-hydrogen) atoms. The molecule has 0 fully saturated rings. The minimum Gasteiger partial charge on any atom is -0.271 e. The van der Waals surface area contributed by atoms with Gasteiger partial charge < -0.3 is 0 Å². The highest BCUT2D eigenvalue weighted by Crippen LogP contribution is 2.25. The molecule has 1 atom stereocenters. The van der Waals surface area contributed by atoms with Gasteiger partial charge in [0.25, 0.3) is 0 Å². The summed E-state index contributed by atoms with van der Waals surface area (Å²) < 4.78 is 22.0. The first kappa shape index (κ1) is 13.6. The number of aryl methyl sites for hydroxylation is 1. The van der Waals surface area contributed by atoms with Crippen LogP contribution in [0.3, 0.4) is 0 Å². The lowest BCUT2D eigenvalue weighted by atomic mass is 10.1. The fourth-order valence-corrected chi connectivity index (χ4v) is 3.16. The first-order chi connectivity index (χ1) is 7.42. The first-order valence-corrected chi connectivity index (χ1v) is 8.00. The fraction of sp³-hybridized carbons (Fsp3) is 0.600. The molecule has 0 aliphatic rings. The molecule has 1 heterocycles. The number of rotatable bonds is 6. The van der Waals surface area contributed by atoms with Crippen LogP contribution in [-0.2, 0) is 9.84 Å². The molecule has 0 bridgehead atoms. The van der Waals surface area contributed by atoms with Crippen LogP contribution in [0.4, 0.5) is 0 Å². The van der Waals surface area contributed by atoms with E-state index >= 15 is 0 Å². The Morgan fingerprint density at radius 3 is 2.62 bits per heavy atom. The van der Waals surface area contributed by atoms with Crippen LogP contribution in [0, 0.1) is 6.92 Å². The van der Waals surface area contributed by atoms with E-state index in [9.17, 15) is 8.42 Å². The Morgan fingerprint density at radius 2 is 2.19 bits per heavy atom. The van der Waals surface area contributed by atoms with Crippen LogP contribution in [0.25, 0.3) is 0 Å². The Kier molecular flexibility index (Phi) is 4.91. The van der Waals surface area contributed by atoms with Gasteiger partial charge in [0.1, 0.15) is 9.84 Å². The molecular weight excluding hydrogens is 244 g/mol. The zero-order valence-corrected chi connectivity index (χ0v) is 11.2. The Bertz CT molecular complexity index is 426. The molecule has 1 unspecified atom stereocenters. The zero-order valence-electron chi connectivity index (χ0n) is 9.56. The number of hydrogen-bond acceptors (Lipinski definition) is 5. The van der Waals surface area contributed by atoms with Gasteiger partial charge in [0, 0.05) is 21.8 Å². The number of nitrogens with one attached hydrogen (secondary N) is 1. The molecule has 1 rings (SSSR count). The van der Waals surface area contributed by atoms with Crippen LogP contribution in [-0.4, -0.2) is 20.4 Å². The van der Waals surface area contributed by atoms with E-state index in [0.717, 1.165) is 11.3 Å². The van der Waals surface area contributed by atoms with Crippen molar-refractivity contribution in [3.8, 4) is 0 Å². The van der Waals surface area contributed by atoms with Gasteiger partial charge in [0.15, 0.2) is 0 Å². The summed E-state index contributed by atoms with van der Waals surface area (Å²) in [4.78, 5) is 2.40. The molecule has 0 aliphatic carbocycles. The summed E-state index contributed by atoms with van der Waals surface area (Å²) in [6.07, 6.45) is 2.63. The van der Waals surface area contributed by atoms with E-state index in [-0.39, 0.29) is 11.8 Å². The van der Waals surface area contributed by atoms with E-state index in [0.29, 0.717) is 6.42 Å². The predicted octanol–water partition coefficient (Wildman–Crippen LogP) is 1.39. The van der Waals surface area contributed by atoms with Crippen molar-refractivity contribution >= 4 is 21.2 Å². The maximum atomic E-state index is 11.0. The highest BCUT2D eigenvalue weighted by molar-refractivity contribution is 7.90. The molecule has 6 heteroatoms. The van der Waals surface area contributed by atoms with Gasteiger partial charge in [-0.1, -0.05) is 0 Å². The second-order valence-electron chi connectivity index (χ2n) is 3.94. The van der Waals surface area contributed by atoms with Crippen molar-refractivity contribution < 1.29 is 8.42 Å². The molecule has 0 amide bonds. The molecule has 0 saturated carbocycles. The van der Waals surface area contributed by atoms with Crippen molar-refractivity contribution in [1.82, 2.24) is 5.43 Å². The third-order valence-corrected chi connectivity index (χ3v) is 4.46. The Morgan fingerprint density at radius 1 is 1.50 bits per heavy atom. The maximum absolute atomic E-state index is 11.0. The predicted molar refractivity (Wildman–Crippen MR) is 68.1 cm³/mol. The van der Waals surface area contributed by atoms with Gasteiger partial charge >= 0.3 is 0 Å². The summed E-state index contributed by atoms with van der Waals surface area (Å²) in [5.41, 5.74) is 2.73. The van der Waals surface area contributed by atoms with Gasteiger partial charge in [-0.25, -0.2) is 8.42 Å². The highest BCUT2D eigenvalue weighted by atomic mass is 32.2. The molecule has 0 aromatic carbocycles. The average Bonchev–Trinajstić information content (AvgIpc) is 2.58. The molecule has 0 aliphatic heterocycles. The second kappa shape index (κ2) is 5.77. The monoisotopic (exact) mass is 262 g/mol. The number of hydrogen-bond donors (Lipinski definition) is 2. The summed E-state index contributed by atoms with van der Waals surface area (Å²) in [6.45, 7) is 2.04. The zero-order chi connectivity index (χ0) is 12.2. The molecule has 3 N–H and O–H groups in total.